The maximum absolute atomic E-state index is 4.46. The molecule has 0 fully saturated rings. The number of hydrogen-bond donors (Lipinski definition) is 1. The summed E-state index contributed by atoms with van der Waals surface area (Å²) in [6.45, 7) is 3.50. The average molecular weight is 344 g/mol. The fraction of sp³-hybridized carbons (Fsp3) is 0.150. The maximum Gasteiger partial charge on any atom is 0.153 e. The number of benzene rings is 1. The number of pyridine rings is 1. The van der Waals surface area contributed by atoms with Gasteiger partial charge in [-0.05, 0) is 36.8 Å². The topological polar surface area (TPSA) is 60.6 Å². The number of para-hydroxylation sites is 1. The third-order valence-corrected chi connectivity index (χ3v) is 4.21. The highest BCUT2D eigenvalue weighted by Gasteiger charge is 2.08. The Balaban J connectivity index is 1.41. The first-order chi connectivity index (χ1) is 12.8. The van der Waals surface area contributed by atoms with Crippen LogP contribution in [0.1, 0.15) is 17.1 Å². The number of aromatic nitrogens is 5. The molecule has 0 aliphatic heterocycles. The Morgan fingerprint density at radius 3 is 2.54 bits per heavy atom. The van der Waals surface area contributed by atoms with E-state index in [0.29, 0.717) is 0 Å². The Bertz CT molecular complexity index is 955. The van der Waals surface area contributed by atoms with Crippen molar-refractivity contribution in [3.63, 3.8) is 0 Å². The van der Waals surface area contributed by atoms with Gasteiger partial charge in [0, 0.05) is 37.4 Å². The van der Waals surface area contributed by atoms with Gasteiger partial charge >= 0.3 is 0 Å². The van der Waals surface area contributed by atoms with Crippen LogP contribution < -0.4 is 5.32 Å². The van der Waals surface area contributed by atoms with Gasteiger partial charge in [0.2, 0.25) is 0 Å². The number of hydrogen-bond acceptors (Lipinski definition) is 4. The molecule has 0 saturated heterocycles. The molecule has 4 rings (SSSR count). The number of imidazole rings is 1. The minimum Gasteiger partial charge on any atom is -0.307 e. The smallest absolute Gasteiger partial charge is 0.153 e. The fourth-order valence-electron chi connectivity index (χ4n) is 2.94. The summed E-state index contributed by atoms with van der Waals surface area (Å²) >= 11 is 0. The van der Waals surface area contributed by atoms with Crippen molar-refractivity contribution in [1.29, 1.82) is 0 Å². The second-order valence-corrected chi connectivity index (χ2v) is 6.05. The molecule has 1 N–H and O–H groups in total. The number of nitrogens with one attached hydrogen (secondary N) is 1. The molecule has 0 aliphatic rings. The van der Waals surface area contributed by atoms with Gasteiger partial charge in [-0.2, -0.15) is 5.10 Å². The Morgan fingerprint density at radius 1 is 0.923 bits per heavy atom. The molecule has 0 atom stereocenters. The first-order valence-electron chi connectivity index (χ1n) is 8.55. The molecular formula is C20H20N6. The van der Waals surface area contributed by atoms with Crippen LogP contribution in [0.25, 0.3) is 11.5 Å². The zero-order chi connectivity index (χ0) is 17.8. The molecule has 0 spiro atoms. The lowest BCUT2D eigenvalue weighted by molar-refractivity contribution is 0.665. The summed E-state index contributed by atoms with van der Waals surface area (Å²) < 4.78 is 3.92. The first-order valence-corrected chi connectivity index (χ1v) is 8.55. The van der Waals surface area contributed by atoms with Crippen LogP contribution in [-0.4, -0.2) is 24.3 Å². The lowest BCUT2D eigenvalue weighted by Gasteiger charge is -2.11. The van der Waals surface area contributed by atoms with Crippen LogP contribution in [0.5, 0.6) is 0 Å². The van der Waals surface area contributed by atoms with Crippen molar-refractivity contribution in [1.82, 2.24) is 29.6 Å². The summed E-state index contributed by atoms with van der Waals surface area (Å²) in [4.78, 5) is 8.92. The molecule has 3 heterocycles. The van der Waals surface area contributed by atoms with Crippen molar-refractivity contribution >= 4 is 0 Å². The van der Waals surface area contributed by atoms with Crippen LogP contribution >= 0.6 is 0 Å². The van der Waals surface area contributed by atoms with Gasteiger partial charge in [-0.3, -0.25) is 4.57 Å². The van der Waals surface area contributed by atoms with Gasteiger partial charge < -0.3 is 5.32 Å². The summed E-state index contributed by atoms with van der Waals surface area (Å²) in [6, 6.07) is 16.2. The number of rotatable bonds is 6. The van der Waals surface area contributed by atoms with E-state index in [0.717, 1.165) is 41.7 Å². The van der Waals surface area contributed by atoms with Gasteiger partial charge in [-0.1, -0.05) is 24.3 Å². The van der Waals surface area contributed by atoms with Gasteiger partial charge in [0.25, 0.3) is 0 Å². The molecule has 26 heavy (non-hydrogen) atoms. The Kier molecular flexibility index (Phi) is 4.57. The van der Waals surface area contributed by atoms with Crippen molar-refractivity contribution < 1.29 is 0 Å². The van der Waals surface area contributed by atoms with Gasteiger partial charge in [0.1, 0.15) is 5.82 Å². The third-order valence-electron chi connectivity index (χ3n) is 4.21. The van der Waals surface area contributed by atoms with Crippen LogP contribution in [0.3, 0.4) is 0 Å². The van der Waals surface area contributed by atoms with E-state index < -0.39 is 0 Å². The largest absolute Gasteiger partial charge is 0.307 e. The molecule has 6 nitrogen and oxygen atoms in total. The van der Waals surface area contributed by atoms with Crippen LogP contribution in [0.2, 0.25) is 0 Å². The van der Waals surface area contributed by atoms with E-state index in [1.165, 1.54) is 0 Å². The summed E-state index contributed by atoms with van der Waals surface area (Å²) in [5.74, 6) is 1.80. The first kappa shape index (κ1) is 16.2. The normalized spacial score (nSPS) is 11.0. The predicted octanol–water partition coefficient (Wildman–Crippen LogP) is 3.05. The van der Waals surface area contributed by atoms with Crippen LogP contribution in [-0.2, 0) is 13.1 Å². The van der Waals surface area contributed by atoms with Crippen LogP contribution in [0.4, 0.5) is 0 Å². The standard InChI is InChI=1S/C20H20N6/c1-16-22-15-19(26(16)18-6-3-2-4-7-18)14-21-12-17-8-9-20(23-13-17)25-11-5-10-24-25/h2-11,13,15,21H,12,14H2,1H3. The monoisotopic (exact) mass is 344 g/mol. The van der Waals surface area contributed by atoms with E-state index in [1.54, 1.807) is 10.9 Å². The lowest BCUT2D eigenvalue weighted by atomic mass is 10.2. The van der Waals surface area contributed by atoms with Gasteiger partial charge in [-0.15, -0.1) is 0 Å². The Morgan fingerprint density at radius 2 is 1.81 bits per heavy atom. The molecule has 4 aromatic rings. The van der Waals surface area contributed by atoms with Crippen molar-refractivity contribution in [2.75, 3.05) is 0 Å². The molecule has 1 aromatic carbocycles. The number of aryl methyl sites for hydroxylation is 1. The molecular weight excluding hydrogens is 324 g/mol. The summed E-state index contributed by atoms with van der Waals surface area (Å²) in [6.07, 6.45) is 7.43. The van der Waals surface area contributed by atoms with Crippen molar-refractivity contribution in [2.45, 2.75) is 20.0 Å². The van der Waals surface area contributed by atoms with E-state index in [4.69, 9.17) is 0 Å². The molecule has 3 aromatic heterocycles. The highest BCUT2D eigenvalue weighted by atomic mass is 15.3. The molecule has 0 unspecified atom stereocenters. The SMILES string of the molecule is Cc1ncc(CNCc2ccc(-n3cccn3)nc2)n1-c1ccccc1. The zero-order valence-electron chi connectivity index (χ0n) is 14.6. The second kappa shape index (κ2) is 7.33. The number of nitrogens with zero attached hydrogens (tertiary/aromatic N) is 5. The van der Waals surface area contributed by atoms with Crippen molar-refractivity contribution in [3.8, 4) is 11.5 Å². The molecule has 0 bridgehead atoms. The quantitative estimate of drug-likeness (QED) is 0.584. The van der Waals surface area contributed by atoms with Crippen molar-refractivity contribution in [2.24, 2.45) is 0 Å². The van der Waals surface area contributed by atoms with E-state index in [1.807, 2.05) is 55.8 Å². The average Bonchev–Trinajstić information content (AvgIpc) is 3.33. The summed E-state index contributed by atoms with van der Waals surface area (Å²) in [5.41, 5.74) is 3.39. The molecule has 0 amide bonds. The van der Waals surface area contributed by atoms with E-state index in [9.17, 15) is 0 Å². The Hall–Kier alpha value is -3.25. The van der Waals surface area contributed by atoms with Crippen molar-refractivity contribution in [3.05, 3.63) is 90.4 Å². The van der Waals surface area contributed by atoms with Crippen LogP contribution in [0, 0.1) is 6.92 Å². The fourth-order valence-corrected chi connectivity index (χ4v) is 2.94. The van der Waals surface area contributed by atoms with Gasteiger partial charge in [-0.25, -0.2) is 14.6 Å². The zero-order valence-corrected chi connectivity index (χ0v) is 14.6. The summed E-state index contributed by atoms with van der Waals surface area (Å²) in [7, 11) is 0. The Labute approximate surface area is 152 Å². The minimum atomic E-state index is 0.733. The van der Waals surface area contributed by atoms with Crippen LogP contribution in [0.15, 0.2) is 73.3 Å². The second-order valence-electron chi connectivity index (χ2n) is 6.05. The maximum atomic E-state index is 4.46. The van der Waals surface area contributed by atoms with Gasteiger partial charge in [0.15, 0.2) is 5.82 Å². The molecule has 0 saturated carbocycles. The minimum absolute atomic E-state index is 0.733. The third kappa shape index (κ3) is 3.41. The highest BCUT2D eigenvalue weighted by Crippen LogP contribution is 2.14. The predicted molar refractivity (Wildman–Crippen MR) is 100 cm³/mol. The van der Waals surface area contributed by atoms with Gasteiger partial charge in [0.05, 0.1) is 11.9 Å². The molecule has 130 valence electrons. The van der Waals surface area contributed by atoms with E-state index >= 15 is 0 Å². The highest BCUT2D eigenvalue weighted by molar-refractivity contribution is 5.35. The van der Waals surface area contributed by atoms with E-state index in [2.05, 4.69) is 43.1 Å². The summed E-state index contributed by atoms with van der Waals surface area (Å²) in [5, 5.41) is 7.66. The molecule has 6 heteroatoms. The molecule has 0 radical (unpaired) electrons. The molecule has 0 aliphatic carbocycles. The lowest BCUT2D eigenvalue weighted by Crippen LogP contribution is -2.16. The van der Waals surface area contributed by atoms with E-state index in [-0.39, 0.29) is 0 Å².